The van der Waals surface area contributed by atoms with Crippen molar-refractivity contribution in [1.82, 2.24) is 0 Å². The highest BCUT2D eigenvalue weighted by Gasteiger charge is 2.16. The fourth-order valence-corrected chi connectivity index (χ4v) is 9.43. The molecule has 0 fully saturated rings. The summed E-state index contributed by atoms with van der Waals surface area (Å²) in [7, 11) is 0. The highest BCUT2D eigenvalue weighted by atomic mass is 16.6. The van der Waals surface area contributed by atoms with Gasteiger partial charge in [-0.3, -0.25) is 9.59 Å². The Labute approximate surface area is 478 Å². The second-order valence-corrected chi connectivity index (χ2v) is 21.8. The molecule has 1 atom stereocenters. The summed E-state index contributed by atoms with van der Waals surface area (Å²) in [5.74, 6) is -0.596. The number of aliphatic hydroxyl groups is 1. The van der Waals surface area contributed by atoms with Crippen LogP contribution in [0.1, 0.15) is 316 Å². The van der Waals surface area contributed by atoms with Gasteiger partial charge in [0.1, 0.15) is 6.61 Å². The molecule has 0 aromatic rings. The van der Waals surface area contributed by atoms with Crippen molar-refractivity contribution in [1.29, 1.82) is 0 Å². The Balaban J connectivity index is 3.53. The average molecular weight is 1070 g/mol. The Bertz CT molecular complexity index is 1490. The van der Waals surface area contributed by atoms with Crippen LogP contribution in [0.15, 0.2) is 109 Å². The summed E-state index contributed by atoms with van der Waals surface area (Å²) in [6.45, 7) is 4.05. The second kappa shape index (κ2) is 66.8. The number of carbonyl (C=O) groups excluding carboxylic acids is 2. The molecule has 442 valence electrons. The van der Waals surface area contributed by atoms with Crippen molar-refractivity contribution in [2.45, 2.75) is 322 Å². The van der Waals surface area contributed by atoms with E-state index in [9.17, 15) is 14.7 Å². The minimum Gasteiger partial charge on any atom is -0.462 e. The van der Waals surface area contributed by atoms with Gasteiger partial charge in [-0.2, -0.15) is 0 Å². The summed E-state index contributed by atoms with van der Waals surface area (Å²) in [4.78, 5) is 24.6. The van der Waals surface area contributed by atoms with E-state index in [2.05, 4.69) is 123 Å². The molecular formula is C72H124O5. The molecule has 0 amide bonds. The van der Waals surface area contributed by atoms with Crippen LogP contribution in [-0.2, 0) is 19.1 Å². The minimum absolute atomic E-state index is 0.0725. The molecule has 77 heavy (non-hydrogen) atoms. The molecule has 0 radical (unpaired) electrons. The van der Waals surface area contributed by atoms with Gasteiger partial charge in [0.15, 0.2) is 6.10 Å². The number of unbranched alkanes of at least 4 members (excludes halogenated alkanes) is 34. The summed E-state index contributed by atoms with van der Waals surface area (Å²) in [5.41, 5.74) is 0. The molecule has 0 saturated heterocycles. The average Bonchev–Trinajstić information content (AvgIpc) is 3.43. The highest BCUT2D eigenvalue weighted by Crippen LogP contribution is 2.17. The first-order valence-corrected chi connectivity index (χ1v) is 32.9. The van der Waals surface area contributed by atoms with Crippen molar-refractivity contribution in [2.24, 2.45) is 0 Å². The summed E-state index contributed by atoms with van der Waals surface area (Å²) in [6.07, 6.45) is 96.7. The van der Waals surface area contributed by atoms with Gasteiger partial charge in [0, 0.05) is 12.8 Å². The van der Waals surface area contributed by atoms with E-state index >= 15 is 0 Å². The van der Waals surface area contributed by atoms with E-state index in [0.29, 0.717) is 12.8 Å². The first-order chi connectivity index (χ1) is 38.1. The van der Waals surface area contributed by atoms with Gasteiger partial charge in [0.05, 0.1) is 6.61 Å². The van der Waals surface area contributed by atoms with Crippen molar-refractivity contribution >= 4 is 11.9 Å². The molecule has 1 N–H and O–H groups in total. The zero-order valence-corrected chi connectivity index (χ0v) is 50.7. The lowest BCUT2D eigenvalue weighted by Gasteiger charge is -2.15. The van der Waals surface area contributed by atoms with Crippen LogP contribution in [0, 0.1) is 0 Å². The molecule has 5 heteroatoms. The smallest absolute Gasteiger partial charge is 0.306 e. The summed E-state index contributed by atoms with van der Waals surface area (Å²) >= 11 is 0. The summed E-state index contributed by atoms with van der Waals surface area (Å²) < 4.78 is 10.7. The van der Waals surface area contributed by atoms with Crippen molar-refractivity contribution in [3.05, 3.63) is 109 Å². The Morgan fingerprint density at radius 1 is 0.312 bits per heavy atom. The van der Waals surface area contributed by atoms with Crippen LogP contribution in [0.5, 0.6) is 0 Å². The normalized spacial score (nSPS) is 12.9. The maximum Gasteiger partial charge on any atom is 0.306 e. The molecule has 0 aliphatic carbocycles. The van der Waals surface area contributed by atoms with E-state index in [-0.39, 0.29) is 25.2 Å². The van der Waals surface area contributed by atoms with Gasteiger partial charge >= 0.3 is 11.9 Å². The van der Waals surface area contributed by atoms with Crippen LogP contribution in [0.25, 0.3) is 0 Å². The molecule has 0 aromatic heterocycles. The third kappa shape index (κ3) is 65.0. The fourth-order valence-electron chi connectivity index (χ4n) is 9.43. The number of carbonyl (C=O) groups is 2. The molecule has 0 rings (SSSR count). The zero-order chi connectivity index (χ0) is 55.5. The van der Waals surface area contributed by atoms with E-state index in [4.69, 9.17) is 9.47 Å². The lowest BCUT2D eigenvalue weighted by atomic mass is 10.0. The van der Waals surface area contributed by atoms with E-state index in [0.717, 1.165) is 103 Å². The summed E-state index contributed by atoms with van der Waals surface area (Å²) in [5, 5.41) is 9.69. The molecule has 1 unspecified atom stereocenters. The van der Waals surface area contributed by atoms with Crippen LogP contribution < -0.4 is 0 Å². The van der Waals surface area contributed by atoms with Gasteiger partial charge < -0.3 is 14.6 Å². The highest BCUT2D eigenvalue weighted by molar-refractivity contribution is 5.70. The number of hydrogen-bond acceptors (Lipinski definition) is 5. The first kappa shape index (κ1) is 73.6. The fraction of sp³-hybridized carbons (Fsp3) is 0.722. The Morgan fingerprint density at radius 3 is 0.844 bits per heavy atom. The minimum atomic E-state index is -0.785. The quantitative estimate of drug-likeness (QED) is 0.0373. The molecule has 0 heterocycles. The van der Waals surface area contributed by atoms with Gasteiger partial charge in [-0.1, -0.05) is 329 Å². The van der Waals surface area contributed by atoms with Crippen LogP contribution >= 0.6 is 0 Å². The first-order valence-electron chi connectivity index (χ1n) is 32.9. The lowest BCUT2D eigenvalue weighted by molar-refractivity contribution is -0.161. The molecule has 0 bridgehead atoms. The topological polar surface area (TPSA) is 72.8 Å². The maximum atomic E-state index is 12.3. The third-order valence-electron chi connectivity index (χ3n) is 14.3. The maximum absolute atomic E-state index is 12.3. The predicted molar refractivity (Wildman–Crippen MR) is 339 cm³/mol. The van der Waals surface area contributed by atoms with Gasteiger partial charge in [-0.15, -0.1) is 0 Å². The molecule has 5 nitrogen and oxygen atoms in total. The number of aliphatic hydroxyl groups excluding tert-OH is 1. The van der Waals surface area contributed by atoms with Crippen LogP contribution in [0.3, 0.4) is 0 Å². The molecule has 0 saturated carbocycles. The lowest BCUT2D eigenvalue weighted by Crippen LogP contribution is -2.28. The van der Waals surface area contributed by atoms with Crippen LogP contribution in [0.2, 0.25) is 0 Å². The monoisotopic (exact) mass is 1070 g/mol. The van der Waals surface area contributed by atoms with Crippen molar-refractivity contribution in [3.63, 3.8) is 0 Å². The van der Waals surface area contributed by atoms with E-state index in [1.54, 1.807) is 0 Å². The van der Waals surface area contributed by atoms with Crippen molar-refractivity contribution in [3.8, 4) is 0 Å². The van der Waals surface area contributed by atoms with E-state index < -0.39 is 6.10 Å². The van der Waals surface area contributed by atoms with Gasteiger partial charge in [0.2, 0.25) is 0 Å². The molecule has 0 aliphatic rings. The standard InChI is InChI=1S/C72H124O5/c1-3-5-7-9-11-13-15-17-19-21-23-25-27-29-31-33-34-35-36-37-38-39-41-43-45-47-49-51-53-55-57-59-61-63-65-67-72(75)77-70(68-73)69-76-71(74)66-64-62-60-58-56-54-52-50-48-46-44-42-40-32-30-28-26-24-22-20-18-16-14-12-10-8-6-4-2/h5,7,11,13,17,19,23,25,29,31,34-35,37-38,41,43,47,49,70,73H,3-4,6,8-10,12,14-16,18,20-22,24,26-28,30,32-33,36,39-40,42,44-46,48,50-69H2,1-2H3/b7-5-,13-11-,19-17-,25-23-,31-29-,35-34-,38-37-,43-41-,49-47-. The molecule has 0 spiro atoms. The Hall–Kier alpha value is -3.44. The van der Waals surface area contributed by atoms with Crippen molar-refractivity contribution < 1.29 is 24.2 Å². The molecule has 0 aromatic carbocycles. The van der Waals surface area contributed by atoms with Gasteiger partial charge in [0.25, 0.3) is 0 Å². The largest absolute Gasteiger partial charge is 0.462 e. The van der Waals surface area contributed by atoms with E-state index in [1.807, 2.05) is 0 Å². The van der Waals surface area contributed by atoms with Crippen molar-refractivity contribution in [2.75, 3.05) is 13.2 Å². The molecular weight excluding hydrogens is 945 g/mol. The van der Waals surface area contributed by atoms with Crippen LogP contribution in [0.4, 0.5) is 0 Å². The summed E-state index contributed by atoms with van der Waals surface area (Å²) in [6, 6.07) is 0. The number of allylic oxidation sites excluding steroid dienone is 18. The second-order valence-electron chi connectivity index (χ2n) is 21.8. The van der Waals surface area contributed by atoms with Crippen LogP contribution in [-0.4, -0.2) is 36.4 Å². The number of ether oxygens (including phenoxy) is 2. The number of hydrogen-bond donors (Lipinski definition) is 1. The Morgan fingerprint density at radius 2 is 0.558 bits per heavy atom. The predicted octanol–water partition coefficient (Wildman–Crippen LogP) is 22.8. The molecule has 0 aliphatic heterocycles. The number of esters is 2. The Kier molecular flexibility index (Phi) is 63.9. The van der Waals surface area contributed by atoms with Gasteiger partial charge in [-0.25, -0.2) is 0 Å². The zero-order valence-electron chi connectivity index (χ0n) is 50.7. The van der Waals surface area contributed by atoms with E-state index in [1.165, 1.54) is 186 Å². The number of rotatable bonds is 60. The third-order valence-corrected chi connectivity index (χ3v) is 14.3. The SMILES string of the molecule is CC/C=C\C/C=C\C/C=C\C/C=C\C/C=C\C/C=C\C/C=C\C/C=C\C/C=C\CCCCCCCCCC(=O)OC(CO)COC(=O)CCCCCCCCCCCCCCCCCCCCCCCCCCCCCC. The van der Waals surface area contributed by atoms with Gasteiger partial charge in [-0.05, 0) is 83.5 Å².